The zero-order chi connectivity index (χ0) is 14.6. The SMILES string of the molecule is CNCCOCCN(C)c1c(C(C)(C)C)c(=O)c1=S. The van der Waals surface area contributed by atoms with E-state index in [0.717, 1.165) is 24.3 Å². The van der Waals surface area contributed by atoms with Gasteiger partial charge in [-0.2, -0.15) is 0 Å². The Bertz CT molecular complexity index is 484. The molecule has 0 spiro atoms. The van der Waals surface area contributed by atoms with Crippen LogP contribution >= 0.6 is 12.2 Å². The second kappa shape index (κ2) is 6.59. The maximum absolute atomic E-state index is 11.9. The number of nitrogens with one attached hydrogen (secondary N) is 1. The van der Waals surface area contributed by atoms with Crippen molar-refractivity contribution in [2.75, 3.05) is 45.3 Å². The van der Waals surface area contributed by atoms with Crippen LogP contribution in [0.2, 0.25) is 0 Å². The maximum atomic E-state index is 11.9. The van der Waals surface area contributed by atoms with Gasteiger partial charge in [0.1, 0.15) is 4.51 Å². The van der Waals surface area contributed by atoms with Gasteiger partial charge in [-0.25, -0.2) is 0 Å². The van der Waals surface area contributed by atoms with E-state index in [9.17, 15) is 4.79 Å². The van der Waals surface area contributed by atoms with Crippen LogP contribution in [-0.2, 0) is 10.2 Å². The molecular formula is C14H24N2O2S. The first-order valence-electron chi connectivity index (χ1n) is 6.58. The summed E-state index contributed by atoms with van der Waals surface area (Å²) in [5.41, 5.74) is 1.64. The molecule has 0 aliphatic heterocycles. The van der Waals surface area contributed by atoms with Crippen LogP contribution in [0.3, 0.4) is 0 Å². The van der Waals surface area contributed by atoms with Crippen LogP contribution in [0, 0.1) is 4.51 Å². The molecule has 0 saturated carbocycles. The van der Waals surface area contributed by atoms with E-state index in [2.05, 4.69) is 5.32 Å². The lowest BCUT2D eigenvalue weighted by atomic mass is 9.82. The lowest BCUT2D eigenvalue weighted by Gasteiger charge is -2.30. The summed E-state index contributed by atoms with van der Waals surface area (Å²) < 4.78 is 5.95. The Labute approximate surface area is 120 Å². The third-order valence-electron chi connectivity index (χ3n) is 3.08. The van der Waals surface area contributed by atoms with E-state index in [1.807, 2.05) is 39.8 Å². The summed E-state index contributed by atoms with van der Waals surface area (Å²) in [4.78, 5) is 13.9. The first-order chi connectivity index (χ1) is 8.80. The molecule has 108 valence electrons. The quantitative estimate of drug-likeness (QED) is 0.609. The Hall–Kier alpha value is -0.780. The molecule has 0 bridgehead atoms. The summed E-state index contributed by atoms with van der Waals surface area (Å²) in [5.74, 6) is 0. The number of ether oxygens (including phenoxy) is 1. The molecule has 5 heteroatoms. The van der Waals surface area contributed by atoms with Crippen molar-refractivity contribution in [2.24, 2.45) is 0 Å². The van der Waals surface area contributed by atoms with E-state index < -0.39 is 0 Å². The molecule has 0 atom stereocenters. The normalized spacial score (nSPS) is 12.1. The van der Waals surface area contributed by atoms with Gasteiger partial charge in [0.05, 0.1) is 18.9 Å². The third-order valence-corrected chi connectivity index (χ3v) is 3.46. The zero-order valence-corrected chi connectivity index (χ0v) is 13.3. The first kappa shape index (κ1) is 16.3. The van der Waals surface area contributed by atoms with Crippen molar-refractivity contribution in [3.05, 3.63) is 20.3 Å². The summed E-state index contributed by atoms with van der Waals surface area (Å²) in [6.07, 6.45) is 0. The lowest BCUT2D eigenvalue weighted by Crippen LogP contribution is -2.36. The second-order valence-electron chi connectivity index (χ2n) is 5.77. The topological polar surface area (TPSA) is 41.6 Å². The third kappa shape index (κ3) is 3.84. The lowest BCUT2D eigenvalue weighted by molar-refractivity contribution is 0.144. The predicted octanol–water partition coefficient (Wildman–Crippen LogP) is 1.62. The van der Waals surface area contributed by atoms with Gasteiger partial charge < -0.3 is 15.0 Å². The standard InChI is InChI=1S/C14H24N2O2S/c1-14(2,3)10-11(13(19)12(10)17)16(5)7-9-18-8-6-15-4/h15H,6-9H2,1-5H3. The van der Waals surface area contributed by atoms with Gasteiger partial charge in [0.2, 0.25) is 5.43 Å². The fourth-order valence-electron chi connectivity index (χ4n) is 2.03. The average Bonchev–Trinajstić information content (AvgIpc) is 2.32. The van der Waals surface area contributed by atoms with Gasteiger partial charge in [0, 0.05) is 25.7 Å². The number of nitrogens with zero attached hydrogens (tertiary/aromatic N) is 1. The molecule has 0 fully saturated rings. The fourth-order valence-corrected chi connectivity index (χ4v) is 2.39. The van der Waals surface area contributed by atoms with Crippen molar-refractivity contribution in [3.8, 4) is 0 Å². The Kier molecular flexibility index (Phi) is 5.64. The monoisotopic (exact) mass is 284 g/mol. The second-order valence-corrected chi connectivity index (χ2v) is 6.18. The van der Waals surface area contributed by atoms with Crippen LogP contribution in [0.1, 0.15) is 26.3 Å². The molecule has 0 saturated heterocycles. The minimum Gasteiger partial charge on any atom is -0.378 e. The van der Waals surface area contributed by atoms with E-state index in [1.54, 1.807) is 0 Å². The van der Waals surface area contributed by atoms with Gasteiger partial charge in [-0.3, -0.25) is 4.79 Å². The zero-order valence-electron chi connectivity index (χ0n) is 12.5. The minimum absolute atomic E-state index is 0.0282. The largest absolute Gasteiger partial charge is 0.378 e. The van der Waals surface area contributed by atoms with Crippen molar-refractivity contribution in [1.82, 2.24) is 5.32 Å². The highest BCUT2D eigenvalue weighted by atomic mass is 32.1. The summed E-state index contributed by atoms with van der Waals surface area (Å²) in [6.45, 7) is 9.04. The highest BCUT2D eigenvalue weighted by Crippen LogP contribution is 2.32. The molecule has 19 heavy (non-hydrogen) atoms. The van der Waals surface area contributed by atoms with E-state index >= 15 is 0 Å². The van der Waals surface area contributed by atoms with Crippen LogP contribution in [-0.4, -0.2) is 40.4 Å². The highest BCUT2D eigenvalue weighted by molar-refractivity contribution is 7.71. The van der Waals surface area contributed by atoms with Gasteiger partial charge in [-0.05, 0) is 12.5 Å². The molecule has 0 aliphatic carbocycles. The predicted molar refractivity (Wildman–Crippen MR) is 82.6 cm³/mol. The number of hydrogen-bond donors (Lipinski definition) is 1. The highest BCUT2D eigenvalue weighted by Gasteiger charge is 2.29. The summed E-state index contributed by atoms with van der Waals surface area (Å²) in [6, 6.07) is 0. The molecule has 0 heterocycles. The molecule has 0 aliphatic rings. The number of likely N-dealkylation sites (N-methyl/N-ethyl adjacent to an activating group) is 2. The van der Waals surface area contributed by atoms with Crippen LogP contribution < -0.4 is 15.6 Å². The van der Waals surface area contributed by atoms with Crippen LogP contribution in [0.15, 0.2) is 4.79 Å². The Morgan fingerprint density at radius 3 is 2.47 bits per heavy atom. The fraction of sp³-hybridized carbons (Fsp3) is 0.714. The van der Waals surface area contributed by atoms with Crippen LogP contribution in [0.25, 0.3) is 0 Å². The Morgan fingerprint density at radius 2 is 1.95 bits per heavy atom. The molecule has 0 amide bonds. The van der Waals surface area contributed by atoms with Gasteiger partial charge in [-0.15, -0.1) is 0 Å². The van der Waals surface area contributed by atoms with Crippen molar-refractivity contribution in [1.29, 1.82) is 0 Å². The van der Waals surface area contributed by atoms with E-state index in [-0.39, 0.29) is 10.8 Å². The van der Waals surface area contributed by atoms with E-state index in [1.165, 1.54) is 0 Å². The van der Waals surface area contributed by atoms with E-state index in [0.29, 0.717) is 17.7 Å². The smallest absolute Gasteiger partial charge is 0.204 e. The molecule has 0 unspecified atom stereocenters. The average molecular weight is 284 g/mol. The van der Waals surface area contributed by atoms with Gasteiger partial charge >= 0.3 is 0 Å². The van der Waals surface area contributed by atoms with Gasteiger partial charge in [0.25, 0.3) is 0 Å². The Morgan fingerprint density at radius 1 is 1.32 bits per heavy atom. The van der Waals surface area contributed by atoms with Crippen molar-refractivity contribution >= 4 is 17.9 Å². The van der Waals surface area contributed by atoms with Gasteiger partial charge in [-0.1, -0.05) is 33.0 Å². The molecule has 1 aromatic carbocycles. The van der Waals surface area contributed by atoms with Crippen molar-refractivity contribution in [3.63, 3.8) is 0 Å². The number of rotatable bonds is 7. The minimum atomic E-state index is -0.157. The molecular weight excluding hydrogens is 260 g/mol. The molecule has 1 aromatic rings. The molecule has 0 aromatic heterocycles. The van der Waals surface area contributed by atoms with E-state index in [4.69, 9.17) is 17.0 Å². The van der Waals surface area contributed by atoms with Crippen LogP contribution in [0.5, 0.6) is 0 Å². The van der Waals surface area contributed by atoms with Crippen molar-refractivity contribution < 1.29 is 4.74 Å². The molecule has 1 rings (SSSR count). The van der Waals surface area contributed by atoms with Crippen molar-refractivity contribution in [2.45, 2.75) is 26.2 Å². The summed E-state index contributed by atoms with van der Waals surface area (Å²) >= 11 is 5.17. The summed E-state index contributed by atoms with van der Waals surface area (Å²) in [5, 5.41) is 3.03. The number of hydrogen-bond acceptors (Lipinski definition) is 5. The molecule has 0 radical (unpaired) electrons. The van der Waals surface area contributed by atoms with Gasteiger partial charge in [0.15, 0.2) is 0 Å². The molecule has 4 nitrogen and oxygen atoms in total. The molecule has 1 N–H and O–H groups in total. The van der Waals surface area contributed by atoms with Crippen LogP contribution in [0.4, 0.5) is 5.69 Å². The first-order valence-corrected chi connectivity index (χ1v) is 6.98. The summed E-state index contributed by atoms with van der Waals surface area (Å²) in [7, 11) is 3.86. The number of anilines is 1. The maximum Gasteiger partial charge on any atom is 0.204 e. The Balaban J connectivity index is 2.64.